The van der Waals surface area contributed by atoms with Gasteiger partial charge in [-0.25, -0.2) is 14.4 Å². The van der Waals surface area contributed by atoms with Crippen molar-refractivity contribution in [3.63, 3.8) is 0 Å². The highest BCUT2D eigenvalue weighted by molar-refractivity contribution is 5.87. The molecule has 2 aromatic carbocycles. The van der Waals surface area contributed by atoms with Crippen molar-refractivity contribution in [2.75, 3.05) is 13.6 Å². The van der Waals surface area contributed by atoms with E-state index >= 15 is 0 Å². The van der Waals surface area contributed by atoms with Gasteiger partial charge in [0.2, 0.25) is 0 Å². The van der Waals surface area contributed by atoms with Gasteiger partial charge in [0, 0.05) is 20.0 Å². The van der Waals surface area contributed by atoms with Gasteiger partial charge in [-0.15, -0.1) is 0 Å². The minimum atomic E-state index is -1.35. The molecule has 0 spiro atoms. The molecular weight excluding hydrogens is 484 g/mol. The Hall–Kier alpha value is -3.81. The summed E-state index contributed by atoms with van der Waals surface area (Å²) in [5.74, 6) is -0.545. The molecule has 0 N–H and O–H groups in total. The molecule has 3 rings (SSSR count). The maximum Gasteiger partial charge on any atom is 0.411 e. The van der Waals surface area contributed by atoms with E-state index < -0.39 is 35.3 Å². The average molecular weight is 523 g/mol. The number of ether oxygens (including phenoxy) is 3. The molecule has 204 valence electrons. The summed E-state index contributed by atoms with van der Waals surface area (Å²) < 4.78 is 17.0. The smallest absolute Gasteiger partial charge is 0.411 e. The SMILES string of the molecule is C/C=C/CC1(C(=O)OCc2ccccc2)C[C@@H](N(C)C(=O)OC(C)(C)C)CN1C(=O)OCc1ccccc1. The number of hydrogen-bond acceptors (Lipinski definition) is 6. The third-order valence-electron chi connectivity index (χ3n) is 6.42. The zero-order valence-corrected chi connectivity index (χ0v) is 22.9. The van der Waals surface area contributed by atoms with Crippen LogP contribution in [0.25, 0.3) is 0 Å². The lowest BCUT2D eigenvalue weighted by Crippen LogP contribution is -2.53. The van der Waals surface area contributed by atoms with E-state index in [1.54, 1.807) is 27.8 Å². The first-order valence-electron chi connectivity index (χ1n) is 12.8. The van der Waals surface area contributed by atoms with E-state index in [4.69, 9.17) is 14.2 Å². The molecule has 8 nitrogen and oxygen atoms in total. The Morgan fingerprint density at radius 2 is 1.53 bits per heavy atom. The zero-order chi connectivity index (χ0) is 27.8. The Morgan fingerprint density at radius 3 is 2.05 bits per heavy atom. The Morgan fingerprint density at radius 1 is 0.974 bits per heavy atom. The van der Waals surface area contributed by atoms with Gasteiger partial charge in [0.1, 0.15) is 24.4 Å². The minimum absolute atomic E-state index is 0.0570. The highest BCUT2D eigenvalue weighted by Gasteiger charge is 2.56. The van der Waals surface area contributed by atoms with Crippen molar-refractivity contribution in [2.24, 2.45) is 0 Å². The monoisotopic (exact) mass is 522 g/mol. The summed E-state index contributed by atoms with van der Waals surface area (Å²) in [7, 11) is 1.62. The maximum atomic E-state index is 13.8. The van der Waals surface area contributed by atoms with E-state index in [9.17, 15) is 14.4 Å². The van der Waals surface area contributed by atoms with Crippen LogP contribution < -0.4 is 0 Å². The Balaban J connectivity index is 1.89. The van der Waals surface area contributed by atoms with Crippen LogP contribution in [0.4, 0.5) is 9.59 Å². The van der Waals surface area contributed by atoms with Gasteiger partial charge in [-0.3, -0.25) is 4.90 Å². The van der Waals surface area contributed by atoms with Crippen LogP contribution in [-0.2, 0) is 32.2 Å². The number of allylic oxidation sites excluding steroid dienone is 1. The Labute approximate surface area is 225 Å². The third-order valence-corrected chi connectivity index (χ3v) is 6.42. The standard InChI is InChI=1S/C30H38N2O6/c1-6-7-18-30(26(33)36-21-23-14-10-8-11-15-23)19-25(31(5)27(34)38-29(2,3)4)20-32(30)28(35)37-22-24-16-12-9-13-17-24/h6-17,25H,18-22H2,1-5H3/b7-6+/t25-,30?/m1/s1. The van der Waals surface area contributed by atoms with E-state index in [0.29, 0.717) is 0 Å². The number of carbonyl (C=O) groups excluding carboxylic acids is 3. The second-order valence-corrected chi connectivity index (χ2v) is 10.5. The fraction of sp³-hybridized carbons (Fsp3) is 0.433. The Bertz CT molecular complexity index is 1110. The van der Waals surface area contributed by atoms with Crippen molar-refractivity contribution in [1.82, 2.24) is 9.80 Å². The number of hydrogen-bond donors (Lipinski definition) is 0. The quantitative estimate of drug-likeness (QED) is 0.251. The van der Waals surface area contributed by atoms with E-state index in [1.165, 1.54) is 9.80 Å². The lowest BCUT2D eigenvalue weighted by molar-refractivity contribution is -0.157. The van der Waals surface area contributed by atoms with Crippen LogP contribution in [0.2, 0.25) is 0 Å². The number of esters is 1. The minimum Gasteiger partial charge on any atom is -0.459 e. The molecule has 1 aliphatic rings. The van der Waals surface area contributed by atoms with Crippen LogP contribution in [0.5, 0.6) is 0 Å². The zero-order valence-electron chi connectivity index (χ0n) is 22.9. The largest absolute Gasteiger partial charge is 0.459 e. The van der Waals surface area contributed by atoms with Crippen molar-refractivity contribution < 1.29 is 28.6 Å². The first-order valence-corrected chi connectivity index (χ1v) is 12.8. The van der Waals surface area contributed by atoms with Gasteiger partial charge in [0.05, 0.1) is 6.04 Å². The highest BCUT2D eigenvalue weighted by atomic mass is 16.6. The first kappa shape index (κ1) is 28.8. The van der Waals surface area contributed by atoms with E-state index in [0.717, 1.165) is 11.1 Å². The molecule has 8 heteroatoms. The molecule has 1 heterocycles. The van der Waals surface area contributed by atoms with Gasteiger partial charge in [0.25, 0.3) is 0 Å². The van der Waals surface area contributed by atoms with Crippen LogP contribution in [-0.4, -0.2) is 58.7 Å². The fourth-order valence-corrected chi connectivity index (χ4v) is 4.38. The number of carbonyl (C=O) groups is 3. The summed E-state index contributed by atoms with van der Waals surface area (Å²) >= 11 is 0. The number of likely N-dealkylation sites (N-methyl/N-ethyl adjacent to an activating group) is 1. The molecule has 2 amide bonds. The predicted molar refractivity (Wildman–Crippen MR) is 144 cm³/mol. The summed E-state index contributed by atoms with van der Waals surface area (Å²) in [5, 5.41) is 0. The maximum absolute atomic E-state index is 13.8. The lowest BCUT2D eigenvalue weighted by Gasteiger charge is -2.34. The number of amides is 2. The third kappa shape index (κ3) is 7.37. The van der Waals surface area contributed by atoms with Crippen molar-refractivity contribution in [2.45, 2.75) is 70.9 Å². The lowest BCUT2D eigenvalue weighted by atomic mass is 9.90. The van der Waals surface area contributed by atoms with Crippen molar-refractivity contribution in [3.8, 4) is 0 Å². The number of likely N-dealkylation sites (tertiary alicyclic amines) is 1. The molecule has 38 heavy (non-hydrogen) atoms. The van der Waals surface area contributed by atoms with Gasteiger partial charge in [-0.05, 0) is 45.2 Å². The van der Waals surface area contributed by atoms with Crippen LogP contribution in [0.1, 0.15) is 51.7 Å². The topological polar surface area (TPSA) is 85.4 Å². The molecule has 0 bridgehead atoms. The van der Waals surface area contributed by atoms with Gasteiger partial charge >= 0.3 is 18.2 Å². The van der Waals surface area contributed by atoms with Crippen molar-refractivity contribution in [1.29, 1.82) is 0 Å². The second-order valence-electron chi connectivity index (χ2n) is 10.5. The molecule has 1 unspecified atom stereocenters. The summed E-state index contributed by atoms with van der Waals surface area (Å²) in [5.41, 5.74) is -0.376. The summed E-state index contributed by atoms with van der Waals surface area (Å²) in [6.45, 7) is 7.44. The van der Waals surface area contributed by atoms with Gasteiger partial charge in [-0.1, -0.05) is 72.8 Å². The van der Waals surface area contributed by atoms with E-state index in [-0.39, 0.29) is 32.6 Å². The predicted octanol–water partition coefficient (Wildman–Crippen LogP) is 5.71. The second kappa shape index (κ2) is 12.6. The molecule has 1 fully saturated rings. The molecule has 0 aliphatic carbocycles. The van der Waals surface area contributed by atoms with Gasteiger partial charge in [-0.2, -0.15) is 0 Å². The number of benzene rings is 2. The van der Waals surface area contributed by atoms with Crippen molar-refractivity contribution in [3.05, 3.63) is 83.9 Å². The van der Waals surface area contributed by atoms with Crippen molar-refractivity contribution >= 4 is 18.2 Å². The Kier molecular flexibility index (Phi) is 9.55. The molecule has 0 radical (unpaired) electrons. The molecule has 0 aromatic heterocycles. The van der Waals surface area contributed by atoms with Gasteiger partial charge < -0.3 is 19.1 Å². The normalized spacial score (nSPS) is 19.3. The molecule has 1 aliphatic heterocycles. The molecular formula is C30H38N2O6. The van der Waals surface area contributed by atoms with Gasteiger partial charge in [0.15, 0.2) is 0 Å². The van der Waals surface area contributed by atoms with E-state index in [2.05, 4.69) is 0 Å². The van der Waals surface area contributed by atoms with E-state index in [1.807, 2.05) is 79.7 Å². The number of nitrogens with zero attached hydrogens (tertiary/aromatic N) is 2. The summed E-state index contributed by atoms with van der Waals surface area (Å²) in [6.07, 6.45) is 2.88. The molecule has 1 saturated heterocycles. The summed E-state index contributed by atoms with van der Waals surface area (Å²) in [6, 6.07) is 18.2. The fourth-order valence-electron chi connectivity index (χ4n) is 4.38. The van der Waals surface area contributed by atoms with Crippen LogP contribution in [0.3, 0.4) is 0 Å². The molecule has 2 aromatic rings. The summed E-state index contributed by atoms with van der Waals surface area (Å²) in [4.78, 5) is 43.0. The van der Waals surface area contributed by atoms with Crippen LogP contribution in [0, 0.1) is 0 Å². The average Bonchev–Trinajstić information content (AvgIpc) is 3.30. The molecule has 0 saturated carbocycles. The number of rotatable bonds is 8. The molecule has 2 atom stereocenters. The van der Waals surface area contributed by atoms with Crippen LogP contribution in [0.15, 0.2) is 72.8 Å². The first-order chi connectivity index (χ1) is 18.1. The van der Waals surface area contributed by atoms with Crippen LogP contribution >= 0.6 is 0 Å². The highest BCUT2D eigenvalue weighted by Crippen LogP contribution is 2.38.